The molecule has 1 fully saturated rings. The maximum Gasteiger partial charge on any atom is 0.234 e. The maximum absolute atomic E-state index is 12.4. The molecule has 23 heavy (non-hydrogen) atoms. The molecule has 0 radical (unpaired) electrons. The van der Waals surface area contributed by atoms with Gasteiger partial charge in [-0.1, -0.05) is 12.1 Å². The first-order chi connectivity index (χ1) is 11.2. The average Bonchev–Trinajstić information content (AvgIpc) is 3.13. The Balaban J connectivity index is 1.92. The molecule has 0 aliphatic carbocycles. The number of benzene rings is 1. The van der Waals surface area contributed by atoms with E-state index in [2.05, 4.69) is 15.9 Å². The number of carbonyl (C=O) groups is 1. The molecular formula is C16H16BrNO3S2. The van der Waals surface area contributed by atoms with E-state index in [1.807, 2.05) is 34.5 Å². The number of nitrogens with zero attached hydrogens (tertiary/aromatic N) is 1. The van der Waals surface area contributed by atoms with Crippen molar-refractivity contribution in [2.45, 2.75) is 11.9 Å². The summed E-state index contributed by atoms with van der Waals surface area (Å²) in [4.78, 5) is 15.4. The van der Waals surface area contributed by atoms with Crippen LogP contribution in [0.15, 0.2) is 34.1 Å². The monoisotopic (exact) mass is 413 g/mol. The molecule has 2 aromatic rings. The Bertz CT molecular complexity index is 719. The summed E-state index contributed by atoms with van der Waals surface area (Å²) in [7, 11) is 3.24. The second kappa shape index (κ2) is 7.15. The fourth-order valence-corrected chi connectivity index (χ4v) is 5.80. The van der Waals surface area contributed by atoms with Crippen LogP contribution in [0.3, 0.4) is 0 Å². The zero-order valence-corrected chi connectivity index (χ0v) is 16.0. The molecule has 1 unspecified atom stereocenters. The van der Waals surface area contributed by atoms with E-state index in [-0.39, 0.29) is 11.3 Å². The Kier molecular flexibility index (Phi) is 5.18. The van der Waals surface area contributed by atoms with Gasteiger partial charge in [-0.05, 0) is 33.4 Å². The third-order valence-electron chi connectivity index (χ3n) is 3.66. The normalized spacial score (nSPS) is 17.6. The van der Waals surface area contributed by atoms with Crippen molar-refractivity contribution < 1.29 is 14.3 Å². The molecular weight excluding hydrogens is 398 g/mol. The van der Waals surface area contributed by atoms with Crippen LogP contribution in [-0.2, 0) is 11.3 Å². The van der Waals surface area contributed by atoms with Crippen LogP contribution in [0.25, 0.3) is 0 Å². The number of amides is 1. The Labute approximate surface area is 151 Å². The first kappa shape index (κ1) is 16.7. The zero-order chi connectivity index (χ0) is 16.4. The van der Waals surface area contributed by atoms with Crippen molar-refractivity contribution in [3.63, 3.8) is 0 Å². The van der Waals surface area contributed by atoms with Crippen LogP contribution in [-0.4, -0.2) is 30.8 Å². The van der Waals surface area contributed by atoms with Crippen LogP contribution in [0.4, 0.5) is 0 Å². The number of rotatable bonds is 5. The summed E-state index contributed by atoms with van der Waals surface area (Å²) in [5.74, 6) is 2.01. The molecule has 0 bridgehead atoms. The number of hydrogen-bond acceptors (Lipinski definition) is 5. The molecule has 1 aliphatic heterocycles. The van der Waals surface area contributed by atoms with Gasteiger partial charge in [-0.2, -0.15) is 0 Å². The van der Waals surface area contributed by atoms with Crippen molar-refractivity contribution >= 4 is 44.9 Å². The number of thiophene rings is 1. The lowest BCUT2D eigenvalue weighted by atomic mass is 10.1. The van der Waals surface area contributed by atoms with Crippen LogP contribution in [0, 0.1) is 0 Å². The first-order valence-corrected chi connectivity index (χ1v) is 9.71. The number of halogens is 1. The number of para-hydroxylation sites is 1. The SMILES string of the molecule is COc1cccc(CN2C(=O)CSC2c2sccc2Br)c1OC. The zero-order valence-electron chi connectivity index (χ0n) is 12.7. The van der Waals surface area contributed by atoms with Gasteiger partial charge in [0.25, 0.3) is 0 Å². The average molecular weight is 414 g/mol. The molecule has 4 nitrogen and oxygen atoms in total. The predicted octanol–water partition coefficient (Wildman–Crippen LogP) is 4.30. The quantitative estimate of drug-likeness (QED) is 0.731. The molecule has 1 amide bonds. The summed E-state index contributed by atoms with van der Waals surface area (Å²) < 4.78 is 11.9. The summed E-state index contributed by atoms with van der Waals surface area (Å²) in [6.45, 7) is 0.501. The second-order valence-corrected chi connectivity index (χ2v) is 7.84. The van der Waals surface area contributed by atoms with E-state index in [4.69, 9.17) is 9.47 Å². The molecule has 0 saturated carbocycles. The lowest BCUT2D eigenvalue weighted by Crippen LogP contribution is -2.27. The molecule has 122 valence electrons. The molecule has 2 heterocycles. The van der Waals surface area contributed by atoms with Crippen molar-refractivity contribution in [3.05, 3.63) is 44.6 Å². The van der Waals surface area contributed by atoms with Gasteiger partial charge in [0, 0.05) is 10.0 Å². The van der Waals surface area contributed by atoms with Gasteiger partial charge < -0.3 is 14.4 Å². The standard InChI is InChI=1S/C16H16BrNO3S2/c1-20-12-5-3-4-10(14(12)21-2)8-18-13(19)9-23-16(18)15-11(17)6-7-22-15/h3-7,16H,8-9H2,1-2H3. The van der Waals surface area contributed by atoms with E-state index in [1.165, 1.54) is 4.88 Å². The highest BCUT2D eigenvalue weighted by atomic mass is 79.9. The highest BCUT2D eigenvalue weighted by Crippen LogP contribution is 2.45. The van der Waals surface area contributed by atoms with Gasteiger partial charge in [0.05, 0.1) is 31.4 Å². The van der Waals surface area contributed by atoms with Gasteiger partial charge in [0.15, 0.2) is 11.5 Å². The van der Waals surface area contributed by atoms with Gasteiger partial charge in [-0.15, -0.1) is 23.1 Å². The Morgan fingerprint density at radius 3 is 2.78 bits per heavy atom. The predicted molar refractivity (Wildman–Crippen MR) is 97.3 cm³/mol. The third kappa shape index (κ3) is 3.22. The number of ether oxygens (including phenoxy) is 2. The summed E-state index contributed by atoms with van der Waals surface area (Å²) in [6, 6.07) is 7.77. The Morgan fingerprint density at radius 1 is 1.30 bits per heavy atom. The van der Waals surface area contributed by atoms with Gasteiger partial charge in [0.1, 0.15) is 5.37 Å². The fourth-order valence-electron chi connectivity index (χ4n) is 2.59. The topological polar surface area (TPSA) is 38.8 Å². The van der Waals surface area contributed by atoms with E-state index >= 15 is 0 Å². The van der Waals surface area contributed by atoms with Crippen LogP contribution in [0.2, 0.25) is 0 Å². The molecule has 0 N–H and O–H groups in total. The van der Waals surface area contributed by atoms with E-state index in [0.29, 0.717) is 23.8 Å². The fraction of sp³-hybridized carbons (Fsp3) is 0.312. The van der Waals surface area contributed by atoms with Gasteiger partial charge in [-0.3, -0.25) is 4.79 Å². The highest BCUT2D eigenvalue weighted by molar-refractivity contribution is 9.10. The number of methoxy groups -OCH3 is 2. The molecule has 1 atom stereocenters. The van der Waals surface area contributed by atoms with Crippen molar-refractivity contribution in [1.29, 1.82) is 0 Å². The largest absolute Gasteiger partial charge is 0.493 e. The summed E-state index contributed by atoms with van der Waals surface area (Å²) in [5.41, 5.74) is 0.945. The molecule has 1 aromatic carbocycles. The highest BCUT2D eigenvalue weighted by Gasteiger charge is 2.35. The number of hydrogen-bond donors (Lipinski definition) is 0. The molecule has 0 spiro atoms. The summed E-state index contributed by atoms with van der Waals surface area (Å²) in [6.07, 6.45) is 0. The van der Waals surface area contributed by atoms with Crippen LogP contribution >= 0.6 is 39.0 Å². The van der Waals surface area contributed by atoms with Gasteiger partial charge in [-0.25, -0.2) is 0 Å². The lowest BCUT2D eigenvalue weighted by molar-refractivity contribution is -0.128. The molecule has 1 aromatic heterocycles. The molecule has 3 rings (SSSR count). The van der Waals surface area contributed by atoms with Gasteiger partial charge >= 0.3 is 0 Å². The Hall–Kier alpha value is -1.18. The van der Waals surface area contributed by atoms with Crippen LogP contribution in [0.5, 0.6) is 11.5 Å². The third-order valence-corrected chi connectivity index (χ3v) is 6.95. The number of carbonyl (C=O) groups excluding carboxylic acids is 1. The van der Waals surface area contributed by atoms with E-state index < -0.39 is 0 Å². The van der Waals surface area contributed by atoms with Crippen molar-refractivity contribution in [2.24, 2.45) is 0 Å². The van der Waals surface area contributed by atoms with E-state index in [9.17, 15) is 4.79 Å². The van der Waals surface area contributed by atoms with E-state index in [0.717, 1.165) is 10.0 Å². The first-order valence-electron chi connectivity index (χ1n) is 6.99. The van der Waals surface area contributed by atoms with Crippen molar-refractivity contribution in [3.8, 4) is 11.5 Å². The lowest BCUT2D eigenvalue weighted by Gasteiger charge is -2.25. The maximum atomic E-state index is 12.4. The van der Waals surface area contributed by atoms with Gasteiger partial charge in [0.2, 0.25) is 5.91 Å². The Morgan fingerprint density at radius 2 is 2.13 bits per heavy atom. The summed E-state index contributed by atoms with van der Waals surface area (Å²) >= 11 is 6.90. The minimum atomic E-state index is 0.0350. The summed E-state index contributed by atoms with van der Waals surface area (Å²) in [5, 5.41) is 2.07. The van der Waals surface area contributed by atoms with Crippen LogP contribution in [0.1, 0.15) is 15.8 Å². The minimum Gasteiger partial charge on any atom is -0.493 e. The second-order valence-electron chi connectivity index (χ2n) is 4.97. The molecule has 1 saturated heterocycles. The van der Waals surface area contributed by atoms with Crippen LogP contribution < -0.4 is 9.47 Å². The minimum absolute atomic E-state index is 0.0350. The molecule has 1 aliphatic rings. The van der Waals surface area contributed by atoms with Crippen molar-refractivity contribution in [2.75, 3.05) is 20.0 Å². The van der Waals surface area contributed by atoms with Crippen molar-refractivity contribution in [1.82, 2.24) is 4.90 Å². The van der Waals surface area contributed by atoms with E-state index in [1.54, 1.807) is 37.3 Å². The number of thioether (sulfide) groups is 1. The smallest absolute Gasteiger partial charge is 0.234 e. The molecule has 7 heteroatoms.